The van der Waals surface area contributed by atoms with E-state index in [0.717, 1.165) is 0 Å². The van der Waals surface area contributed by atoms with Gasteiger partial charge in [-0.1, -0.05) is 0 Å². The second-order valence-electron chi connectivity index (χ2n) is 3.21. The second-order valence-corrected chi connectivity index (χ2v) is 3.21. The van der Waals surface area contributed by atoms with E-state index in [1.807, 2.05) is 0 Å². The number of halogens is 8. The van der Waals surface area contributed by atoms with E-state index >= 15 is 0 Å². The molecule has 84 valence electrons. The molecule has 0 atom stereocenters. The molecule has 1 aliphatic carbocycles. The maximum atomic E-state index is 12.3. The Morgan fingerprint density at radius 2 is 1.14 bits per heavy atom. The van der Waals surface area contributed by atoms with Crippen molar-refractivity contribution >= 4 is 0 Å². The minimum atomic E-state index is -5.70. The predicted octanol–water partition coefficient (Wildman–Crippen LogP) is 3.18. The summed E-state index contributed by atoms with van der Waals surface area (Å²) in [7, 11) is 0. The molecule has 0 radical (unpaired) electrons. The molecule has 0 aromatic rings. The molecule has 0 spiro atoms. The topological polar surface area (TPSA) is 0 Å². The van der Waals surface area contributed by atoms with Crippen molar-refractivity contribution in [3.8, 4) is 0 Å². The molecule has 0 nitrogen and oxygen atoms in total. The van der Waals surface area contributed by atoms with E-state index in [9.17, 15) is 35.1 Å². The van der Waals surface area contributed by atoms with Crippen LogP contribution in [0, 0.1) is 5.92 Å². The zero-order valence-corrected chi connectivity index (χ0v) is 6.60. The number of rotatable bonds is 1. The molecule has 1 aliphatic rings. The lowest BCUT2D eigenvalue weighted by atomic mass is 9.69. The predicted molar refractivity (Wildman–Crippen MR) is 29.0 cm³/mol. The van der Waals surface area contributed by atoms with Crippen LogP contribution in [-0.2, 0) is 0 Å². The molecule has 0 aliphatic heterocycles. The molecule has 1 saturated carbocycles. The molecule has 14 heavy (non-hydrogen) atoms. The van der Waals surface area contributed by atoms with Crippen molar-refractivity contribution in [2.24, 2.45) is 5.92 Å². The zero-order valence-electron chi connectivity index (χ0n) is 6.60. The Labute approximate surface area is 72.9 Å². The van der Waals surface area contributed by atoms with Crippen LogP contribution in [0.15, 0.2) is 0 Å². The van der Waals surface area contributed by atoms with Crippen LogP contribution in [0.4, 0.5) is 35.1 Å². The van der Waals surface area contributed by atoms with Crippen molar-refractivity contribution in [1.82, 2.24) is 0 Å². The molecule has 1 fully saturated rings. The summed E-state index contributed by atoms with van der Waals surface area (Å²) in [5.41, 5.74) is 0. The Morgan fingerprint density at radius 3 is 1.29 bits per heavy atom. The van der Waals surface area contributed by atoms with Crippen LogP contribution in [0.1, 0.15) is 6.92 Å². The summed E-state index contributed by atoms with van der Waals surface area (Å²) in [6, 6.07) is 0. The largest absolute Gasteiger partial charge is 0.373 e. The molecule has 0 unspecified atom stereocenters. The van der Waals surface area contributed by atoms with E-state index in [1.54, 1.807) is 0 Å². The lowest BCUT2D eigenvalue weighted by molar-refractivity contribution is -0.462. The van der Waals surface area contributed by atoms with Crippen LogP contribution in [-0.4, -0.2) is 23.7 Å². The van der Waals surface area contributed by atoms with Gasteiger partial charge in [0.2, 0.25) is 0 Å². The zero-order chi connectivity index (χ0) is 11.6. The third kappa shape index (κ3) is 0.993. The summed E-state index contributed by atoms with van der Waals surface area (Å²) in [6.45, 7) is -0.241. The normalized spacial score (nSPS) is 29.8. The van der Waals surface area contributed by atoms with E-state index < -0.39 is 29.6 Å². The Kier molecular flexibility index (Phi) is 1.92. The van der Waals surface area contributed by atoms with Crippen LogP contribution >= 0.6 is 0 Å². The van der Waals surface area contributed by atoms with Crippen molar-refractivity contribution in [2.75, 3.05) is 0 Å². The van der Waals surface area contributed by atoms with Gasteiger partial charge < -0.3 is 0 Å². The smallest absolute Gasteiger partial charge is 0.206 e. The van der Waals surface area contributed by atoms with E-state index in [2.05, 4.69) is 0 Å². The summed E-state index contributed by atoms with van der Waals surface area (Å²) in [4.78, 5) is 0. The molecule has 0 aromatic carbocycles. The fraction of sp³-hybridized carbons (Fsp3) is 1.00. The van der Waals surface area contributed by atoms with Gasteiger partial charge >= 0.3 is 17.8 Å². The van der Waals surface area contributed by atoms with Gasteiger partial charge in [-0.3, -0.25) is 0 Å². The van der Waals surface area contributed by atoms with Crippen molar-refractivity contribution in [1.29, 1.82) is 0 Å². The molecule has 0 amide bonds. The van der Waals surface area contributed by atoms with Gasteiger partial charge in [-0.15, -0.1) is 0 Å². The van der Waals surface area contributed by atoms with E-state index in [-0.39, 0.29) is 6.92 Å². The minimum Gasteiger partial charge on any atom is -0.206 e. The van der Waals surface area contributed by atoms with Crippen molar-refractivity contribution < 1.29 is 35.1 Å². The molecule has 0 saturated heterocycles. The molecular weight excluding hydrogens is 224 g/mol. The SMILES string of the molecule is CC(F)(F)C1C(F)(F)C(F)(F)C1(F)F. The van der Waals surface area contributed by atoms with Crippen LogP contribution in [0.5, 0.6) is 0 Å². The van der Waals surface area contributed by atoms with Gasteiger partial charge in [0, 0.05) is 6.92 Å². The van der Waals surface area contributed by atoms with Gasteiger partial charge in [0.05, 0.1) is 0 Å². The van der Waals surface area contributed by atoms with Gasteiger partial charge in [0.15, 0.2) is 5.92 Å². The summed E-state index contributed by atoms with van der Waals surface area (Å²) in [5, 5.41) is 0. The molecular formula is C6H4F8. The van der Waals surface area contributed by atoms with Crippen molar-refractivity contribution in [3.05, 3.63) is 0 Å². The first kappa shape index (κ1) is 11.5. The highest BCUT2D eigenvalue weighted by Gasteiger charge is 2.94. The highest BCUT2D eigenvalue weighted by molar-refractivity contribution is 5.19. The van der Waals surface area contributed by atoms with Crippen molar-refractivity contribution in [3.63, 3.8) is 0 Å². The fourth-order valence-corrected chi connectivity index (χ4v) is 1.37. The number of hydrogen-bond acceptors (Lipinski definition) is 0. The quantitative estimate of drug-likeness (QED) is 0.604. The summed E-state index contributed by atoms with van der Waals surface area (Å²) in [6.07, 6.45) is 0. The Hall–Kier alpha value is -0.560. The second kappa shape index (κ2) is 2.33. The molecule has 0 aromatic heterocycles. The van der Waals surface area contributed by atoms with Gasteiger partial charge in [-0.25, -0.2) is 8.78 Å². The average molecular weight is 228 g/mol. The highest BCUT2D eigenvalue weighted by atomic mass is 19.4. The first-order valence-corrected chi connectivity index (χ1v) is 3.38. The van der Waals surface area contributed by atoms with Gasteiger partial charge in [-0.2, -0.15) is 26.3 Å². The summed E-state index contributed by atoms with van der Waals surface area (Å²) in [5.74, 6) is -25.0. The first-order valence-electron chi connectivity index (χ1n) is 3.38. The van der Waals surface area contributed by atoms with Crippen LogP contribution in [0.25, 0.3) is 0 Å². The van der Waals surface area contributed by atoms with Gasteiger partial charge in [0.25, 0.3) is 5.92 Å². The van der Waals surface area contributed by atoms with Crippen LogP contribution < -0.4 is 0 Å². The minimum absolute atomic E-state index is 0.241. The molecule has 0 N–H and O–H groups in total. The van der Waals surface area contributed by atoms with Crippen molar-refractivity contribution in [2.45, 2.75) is 30.6 Å². The molecule has 8 heteroatoms. The van der Waals surface area contributed by atoms with Gasteiger partial charge in [0.1, 0.15) is 0 Å². The number of alkyl halides is 8. The standard InChI is InChI=1S/C6H4F8/c1-3(7,8)2-4(9,10)6(13,14)5(2,11)12/h2H,1H3. The number of hydrogen-bond donors (Lipinski definition) is 0. The molecule has 0 bridgehead atoms. The highest BCUT2D eigenvalue weighted by Crippen LogP contribution is 2.68. The van der Waals surface area contributed by atoms with Crippen LogP contribution in [0.2, 0.25) is 0 Å². The van der Waals surface area contributed by atoms with Gasteiger partial charge in [-0.05, 0) is 0 Å². The Balaban J connectivity index is 3.13. The maximum Gasteiger partial charge on any atom is 0.373 e. The molecule has 1 rings (SSSR count). The third-order valence-electron chi connectivity index (χ3n) is 2.07. The third-order valence-corrected chi connectivity index (χ3v) is 2.07. The van der Waals surface area contributed by atoms with E-state index in [4.69, 9.17) is 0 Å². The average Bonchev–Trinajstić information content (AvgIpc) is 1.79. The lowest BCUT2D eigenvalue weighted by Gasteiger charge is -2.51. The maximum absolute atomic E-state index is 12.3. The summed E-state index contributed by atoms with van der Waals surface area (Å²) >= 11 is 0. The first-order chi connectivity index (χ1) is 5.87. The summed E-state index contributed by atoms with van der Waals surface area (Å²) < 4.78 is 97.5. The monoisotopic (exact) mass is 228 g/mol. The Bertz CT molecular complexity index is 231. The Morgan fingerprint density at radius 1 is 0.857 bits per heavy atom. The fourth-order valence-electron chi connectivity index (χ4n) is 1.37. The lowest BCUT2D eigenvalue weighted by Crippen LogP contribution is -2.78. The van der Waals surface area contributed by atoms with E-state index in [0.29, 0.717) is 0 Å². The van der Waals surface area contributed by atoms with E-state index in [1.165, 1.54) is 0 Å². The van der Waals surface area contributed by atoms with Crippen LogP contribution in [0.3, 0.4) is 0 Å². The molecule has 0 heterocycles.